The normalized spacial score (nSPS) is 17.5. The first-order valence-electron chi connectivity index (χ1n) is 9.99. The van der Waals surface area contributed by atoms with Crippen LogP contribution in [0.1, 0.15) is 32.8 Å². The van der Waals surface area contributed by atoms with Crippen LogP contribution >= 0.6 is 11.3 Å². The average Bonchev–Trinajstić information content (AvgIpc) is 3.34. The van der Waals surface area contributed by atoms with Gasteiger partial charge in [-0.05, 0) is 41.3 Å². The first-order valence-corrected chi connectivity index (χ1v) is 10.9. The lowest BCUT2D eigenvalue weighted by atomic mass is 9.81. The molecule has 2 atom stereocenters. The number of benzene rings is 2. The summed E-state index contributed by atoms with van der Waals surface area (Å²) in [5.41, 5.74) is 1.63. The van der Waals surface area contributed by atoms with Gasteiger partial charge in [-0.3, -0.25) is 9.59 Å². The molecule has 0 unspecified atom stereocenters. The summed E-state index contributed by atoms with van der Waals surface area (Å²) in [5.74, 6) is 0.481. The maximum Gasteiger partial charge on any atom is 0.254 e. The molecule has 3 aromatic rings. The number of methoxy groups -OCH3 is 3. The molecule has 32 heavy (non-hydrogen) atoms. The van der Waals surface area contributed by atoms with Gasteiger partial charge in [0.15, 0.2) is 11.5 Å². The van der Waals surface area contributed by atoms with Crippen molar-refractivity contribution in [3.05, 3.63) is 69.9 Å². The van der Waals surface area contributed by atoms with Crippen LogP contribution in [0.5, 0.6) is 17.2 Å². The molecular formula is C24H24N2O5S. The van der Waals surface area contributed by atoms with Crippen molar-refractivity contribution in [3.8, 4) is 17.2 Å². The van der Waals surface area contributed by atoms with Crippen molar-refractivity contribution in [2.45, 2.75) is 12.0 Å². The maximum absolute atomic E-state index is 13.7. The zero-order valence-electron chi connectivity index (χ0n) is 18.2. The summed E-state index contributed by atoms with van der Waals surface area (Å²) in [6.45, 7) is 0. The third-order valence-electron chi connectivity index (χ3n) is 5.63. The fourth-order valence-corrected chi connectivity index (χ4v) is 4.97. The van der Waals surface area contributed by atoms with E-state index in [0.29, 0.717) is 34.1 Å². The molecule has 0 spiro atoms. The Labute approximate surface area is 190 Å². The van der Waals surface area contributed by atoms with Crippen LogP contribution in [-0.2, 0) is 4.79 Å². The molecule has 0 radical (unpaired) electrons. The van der Waals surface area contributed by atoms with Crippen LogP contribution in [0, 0.1) is 0 Å². The molecule has 0 saturated carbocycles. The van der Waals surface area contributed by atoms with Gasteiger partial charge >= 0.3 is 0 Å². The lowest BCUT2D eigenvalue weighted by Gasteiger charge is -2.39. The molecule has 2 amide bonds. The van der Waals surface area contributed by atoms with Crippen molar-refractivity contribution in [1.82, 2.24) is 4.90 Å². The minimum absolute atomic E-state index is 0.176. The van der Waals surface area contributed by atoms with E-state index < -0.39 is 12.0 Å². The van der Waals surface area contributed by atoms with Crippen LogP contribution in [0.4, 0.5) is 5.69 Å². The van der Waals surface area contributed by atoms with Crippen molar-refractivity contribution < 1.29 is 23.8 Å². The molecule has 2 heterocycles. The molecule has 0 fully saturated rings. The molecule has 0 saturated heterocycles. The fourth-order valence-electron chi connectivity index (χ4n) is 4.07. The monoisotopic (exact) mass is 452 g/mol. The highest BCUT2D eigenvalue weighted by Crippen LogP contribution is 2.46. The van der Waals surface area contributed by atoms with E-state index in [2.05, 4.69) is 5.32 Å². The third kappa shape index (κ3) is 3.78. The van der Waals surface area contributed by atoms with Gasteiger partial charge in [-0.15, -0.1) is 11.3 Å². The van der Waals surface area contributed by atoms with E-state index in [1.54, 1.807) is 43.3 Å². The Balaban J connectivity index is 1.84. The van der Waals surface area contributed by atoms with Gasteiger partial charge in [0.1, 0.15) is 5.75 Å². The van der Waals surface area contributed by atoms with E-state index in [4.69, 9.17) is 14.2 Å². The number of hydrogen-bond acceptors (Lipinski definition) is 6. The zero-order chi connectivity index (χ0) is 22.8. The number of nitrogens with one attached hydrogen (secondary N) is 1. The minimum atomic E-state index is -0.655. The van der Waals surface area contributed by atoms with E-state index in [1.807, 2.05) is 29.6 Å². The average molecular weight is 453 g/mol. The Morgan fingerprint density at radius 1 is 1.00 bits per heavy atom. The van der Waals surface area contributed by atoms with Crippen LogP contribution < -0.4 is 19.5 Å². The number of carbonyl (C=O) groups excluding carboxylic acids is 2. The van der Waals surface area contributed by atoms with E-state index in [9.17, 15) is 9.59 Å². The molecule has 1 aromatic heterocycles. The number of likely N-dealkylation sites (N-methyl/N-ethyl adjacent to an activating group) is 1. The lowest BCUT2D eigenvalue weighted by Crippen LogP contribution is -2.43. The standard InChI is InChI=1S/C24H24N2O5S/c1-26-22(20-9-6-10-32-20)21(23(27)25-14-7-5-8-15(11-14)29-2)16-12-18(30-3)19(31-4)13-17(16)24(26)28/h5-13,21-22H,1-4H3,(H,25,27)/t21-,22+/m0/s1. The van der Waals surface area contributed by atoms with E-state index in [1.165, 1.54) is 25.6 Å². The first-order chi connectivity index (χ1) is 15.5. The quantitative estimate of drug-likeness (QED) is 0.603. The number of ether oxygens (including phenoxy) is 3. The van der Waals surface area contributed by atoms with Gasteiger partial charge in [0.25, 0.3) is 5.91 Å². The predicted octanol–water partition coefficient (Wildman–Crippen LogP) is 4.32. The van der Waals surface area contributed by atoms with Crippen LogP contribution in [-0.4, -0.2) is 45.1 Å². The van der Waals surface area contributed by atoms with Crippen molar-refractivity contribution in [2.24, 2.45) is 0 Å². The smallest absolute Gasteiger partial charge is 0.254 e. The minimum Gasteiger partial charge on any atom is -0.497 e. The SMILES string of the molecule is COc1cccc(NC(=O)[C@H]2c3cc(OC)c(OC)cc3C(=O)N(C)[C@@H]2c2cccs2)c1. The Hall–Kier alpha value is -3.52. The largest absolute Gasteiger partial charge is 0.497 e. The number of rotatable bonds is 6. The number of thiophene rings is 1. The van der Waals surface area contributed by atoms with Crippen LogP contribution in [0.25, 0.3) is 0 Å². The Kier molecular flexibility index (Phi) is 6.05. The van der Waals surface area contributed by atoms with Crippen LogP contribution in [0.15, 0.2) is 53.9 Å². The number of amides is 2. The molecule has 1 aliphatic heterocycles. The Morgan fingerprint density at radius 2 is 1.75 bits per heavy atom. The summed E-state index contributed by atoms with van der Waals surface area (Å²) < 4.78 is 16.1. The molecule has 4 rings (SSSR count). The topological polar surface area (TPSA) is 77.1 Å². The van der Waals surface area contributed by atoms with Gasteiger partial charge in [0.05, 0.1) is 33.3 Å². The summed E-state index contributed by atoms with van der Waals surface area (Å²) in [4.78, 5) is 29.5. The highest BCUT2D eigenvalue weighted by molar-refractivity contribution is 7.10. The van der Waals surface area contributed by atoms with Crippen molar-refractivity contribution in [3.63, 3.8) is 0 Å². The zero-order valence-corrected chi connectivity index (χ0v) is 19.1. The molecule has 8 heteroatoms. The van der Waals surface area contributed by atoms with Gasteiger partial charge in [0.2, 0.25) is 5.91 Å². The first kappa shape index (κ1) is 21.7. The van der Waals surface area contributed by atoms with Gasteiger partial charge in [-0.1, -0.05) is 12.1 Å². The highest BCUT2D eigenvalue weighted by Gasteiger charge is 2.44. The van der Waals surface area contributed by atoms with Crippen molar-refractivity contribution in [1.29, 1.82) is 0 Å². The maximum atomic E-state index is 13.7. The second-order valence-corrected chi connectivity index (χ2v) is 8.35. The third-order valence-corrected chi connectivity index (χ3v) is 6.57. The van der Waals surface area contributed by atoms with Crippen LogP contribution in [0.2, 0.25) is 0 Å². The molecule has 0 bridgehead atoms. The van der Waals surface area contributed by atoms with Crippen molar-refractivity contribution in [2.75, 3.05) is 33.7 Å². The van der Waals surface area contributed by atoms with Gasteiger partial charge in [-0.25, -0.2) is 0 Å². The van der Waals surface area contributed by atoms with E-state index in [0.717, 1.165) is 4.88 Å². The Morgan fingerprint density at radius 3 is 2.41 bits per heavy atom. The molecular weight excluding hydrogens is 428 g/mol. The number of hydrogen-bond donors (Lipinski definition) is 1. The van der Waals surface area contributed by atoms with Gasteiger partial charge in [-0.2, -0.15) is 0 Å². The second kappa shape index (κ2) is 8.92. The number of carbonyl (C=O) groups is 2. The highest BCUT2D eigenvalue weighted by atomic mass is 32.1. The lowest BCUT2D eigenvalue weighted by molar-refractivity contribution is -0.119. The molecule has 166 valence electrons. The molecule has 2 aromatic carbocycles. The van der Waals surface area contributed by atoms with Crippen molar-refractivity contribution >= 4 is 28.8 Å². The van der Waals surface area contributed by atoms with Crippen LogP contribution in [0.3, 0.4) is 0 Å². The Bertz CT molecular complexity index is 1150. The summed E-state index contributed by atoms with van der Waals surface area (Å²) in [6.07, 6.45) is 0. The number of fused-ring (bicyclic) bond motifs is 1. The number of nitrogens with zero attached hydrogens (tertiary/aromatic N) is 1. The van der Waals surface area contributed by atoms with Gasteiger partial charge < -0.3 is 24.4 Å². The van der Waals surface area contributed by atoms with E-state index >= 15 is 0 Å². The molecule has 7 nitrogen and oxygen atoms in total. The molecule has 0 aliphatic carbocycles. The summed E-state index contributed by atoms with van der Waals surface area (Å²) in [7, 11) is 6.34. The van der Waals surface area contributed by atoms with E-state index in [-0.39, 0.29) is 11.8 Å². The summed E-state index contributed by atoms with van der Waals surface area (Å²) >= 11 is 1.51. The number of anilines is 1. The summed E-state index contributed by atoms with van der Waals surface area (Å²) in [5, 5.41) is 4.94. The summed E-state index contributed by atoms with van der Waals surface area (Å²) in [6, 6.07) is 13.9. The second-order valence-electron chi connectivity index (χ2n) is 7.37. The molecule has 1 aliphatic rings. The van der Waals surface area contributed by atoms with Gasteiger partial charge in [0, 0.05) is 29.2 Å². The fraction of sp³-hybridized carbons (Fsp3) is 0.250. The molecule has 1 N–H and O–H groups in total. The predicted molar refractivity (Wildman–Crippen MR) is 123 cm³/mol.